The lowest BCUT2D eigenvalue weighted by Crippen LogP contribution is -2.16. The summed E-state index contributed by atoms with van der Waals surface area (Å²) in [6.45, 7) is 5.81. The van der Waals surface area contributed by atoms with Crippen LogP contribution in [0.15, 0.2) is 27.3 Å². The summed E-state index contributed by atoms with van der Waals surface area (Å²) >= 11 is 6.32. The monoisotopic (exact) mass is 404 g/mol. The zero-order valence-electron chi connectivity index (χ0n) is 11.1. The molecule has 106 valence electrons. The molecule has 1 heterocycles. The summed E-state index contributed by atoms with van der Waals surface area (Å²) in [6, 6.07) is 4.04. The number of hydrogen-bond donors (Lipinski definition) is 0. The molecule has 0 amide bonds. The van der Waals surface area contributed by atoms with Gasteiger partial charge in [-0.1, -0.05) is 20.8 Å². The number of aromatic nitrogens is 2. The molecule has 1 aromatic heterocycles. The Morgan fingerprint density at radius 3 is 2.30 bits per heavy atom. The van der Waals surface area contributed by atoms with E-state index in [0.717, 1.165) is 0 Å². The van der Waals surface area contributed by atoms with Crippen LogP contribution < -0.4 is 0 Å². The van der Waals surface area contributed by atoms with Crippen molar-refractivity contribution in [1.29, 1.82) is 0 Å². The fourth-order valence-corrected chi connectivity index (χ4v) is 2.36. The molecule has 1 aromatic carbocycles. The Morgan fingerprint density at radius 1 is 1.05 bits per heavy atom. The molecule has 6 heteroatoms. The van der Waals surface area contributed by atoms with Crippen LogP contribution in [0.4, 0.5) is 8.78 Å². The molecule has 0 aliphatic rings. The van der Waals surface area contributed by atoms with Gasteiger partial charge in [0.05, 0.1) is 15.7 Å². The molecular formula is C14H12Br2F2N2. The molecule has 0 unspecified atom stereocenters. The molecule has 2 aromatic rings. The average molecular weight is 406 g/mol. The highest BCUT2D eigenvalue weighted by atomic mass is 79.9. The predicted molar refractivity (Wildman–Crippen MR) is 81.5 cm³/mol. The van der Waals surface area contributed by atoms with Gasteiger partial charge in [0.2, 0.25) is 0 Å². The van der Waals surface area contributed by atoms with Crippen molar-refractivity contribution in [2.45, 2.75) is 26.2 Å². The average Bonchev–Trinajstić information content (AvgIpc) is 2.33. The van der Waals surface area contributed by atoms with Crippen LogP contribution in [0, 0.1) is 11.6 Å². The summed E-state index contributed by atoms with van der Waals surface area (Å²) in [4.78, 5) is 8.56. The molecule has 0 saturated carbocycles. The second-order valence-electron chi connectivity index (χ2n) is 5.37. The Hall–Kier alpha value is -0.880. The molecule has 20 heavy (non-hydrogen) atoms. The number of halogens is 4. The molecule has 0 bridgehead atoms. The minimum Gasteiger partial charge on any atom is -0.232 e. The van der Waals surface area contributed by atoms with Crippen LogP contribution in [-0.2, 0) is 5.41 Å². The van der Waals surface area contributed by atoms with Crippen LogP contribution in [-0.4, -0.2) is 9.97 Å². The van der Waals surface area contributed by atoms with Gasteiger partial charge >= 0.3 is 0 Å². The minimum absolute atomic E-state index is 0.159. The van der Waals surface area contributed by atoms with Gasteiger partial charge in [0.25, 0.3) is 0 Å². The van der Waals surface area contributed by atoms with Gasteiger partial charge in [0, 0.05) is 5.41 Å². The first-order chi connectivity index (χ1) is 9.20. The summed E-state index contributed by atoms with van der Waals surface area (Å²) in [5.74, 6) is -0.813. The van der Waals surface area contributed by atoms with Crippen molar-refractivity contribution < 1.29 is 8.78 Å². The predicted octanol–water partition coefficient (Wildman–Crippen LogP) is 5.24. The third-order valence-electron chi connectivity index (χ3n) is 2.67. The highest BCUT2D eigenvalue weighted by molar-refractivity contribution is 9.10. The molecule has 0 saturated heterocycles. The van der Waals surface area contributed by atoms with Gasteiger partial charge in [-0.3, -0.25) is 0 Å². The van der Waals surface area contributed by atoms with Crippen LogP contribution in [0.25, 0.3) is 11.3 Å². The molecule has 0 radical (unpaired) electrons. The summed E-state index contributed by atoms with van der Waals surface area (Å²) < 4.78 is 28.8. The maximum absolute atomic E-state index is 14.1. The van der Waals surface area contributed by atoms with E-state index in [0.29, 0.717) is 10.4 Å². The normalized spacial score (nSPS) is 11.8. The number of nitrogens with zero attached hydrogens (tertiary/aromatic N) is 2. The lowest BCUT2D eigenvalue weighted by molar-refractivity contribution is 0.542. The van der Waals surface area contributed by atoms with Crippen molar-refractivity contribution in [2.75, 3.05) is 0 Å². The SMILES string of the molecule is CC(C)(C)c1nc(Br)cc(-c2c(F)ccc(Br)c2F)n1. The number of rotatable bonds is 1. The molecule has 0 N–H and O–H groups in total. The van der Waals surface area contributed by atoms with Crippen LogP contribution in [0.5, 0.6) is 0 Å². The summed E-state index contributed by atoms with van der Waals surface area (Å²) in [5.41, 5.74) is -0.265. The van der Waals surface area contributed by atoms with E-state index < -0.39 is 11.6 Å². The first kappa shape index (κ1) is 15.5. The van der Waals surface area contributed by atoms with Gasteiger partial charge in [-0.2, -0.15) is 0 Å². The van der Waals surface area contributed by atoms with Crippen LogP contribution in [0.1, 0.15) is 26.6 Å². The molecular weight excluding hydrogens is 394 g/mol. The minimum atomic E-state index is -0.671. The van der Waals surface area contributed by atoms with E-state index in [2.05, 4.69) is 41.8 Å². The molecule has 0 atom stereocenters. The standard InChI is InChI=1S/C14H12Br2F2N2/c1-14(2,3)13-19-9(6-10(16)20-13)11-8(17)5-4-7(15)12(11)18/h4-6H,1-3H3. The van der Waals surface area contributed by atoms with Gasteiger partial charge in [-0.05, 0) is 50.1 Å². The number of hydrogen-bond acceptors (Lipinski definition) is 2. The van der Waals surface area contributed by atoms with E-state index in [-0.39, 0.29) is 21.1 Å². The Morgan fingerprint density at radius 2 is 1.70 bits per heavy atom. The molecule has 2 nitrogen and oxygen atoms in total. The lowest BCUT2D eigenvalue weighted by atomic mass is 9.95. The Bertz CT molecular complexity index is 667. The molecule has 0 spiro atoms. The van der Waals surface area contributed by atoms with Crippen molar-refractivity contribution in [2.24, 2.45) is 0 Å². The topological polar surface area (TPSA) is 25.8 Å². The van der Waals surface area contributed by atoms with Gasteiger partial charge in [-0.25, -0.2) is 18.7 Å². The fraction of sp³-hybridized carbons (Fsp3) is 0.286. The third kappa shape index (κ3) is 3.06. The number of benzene rings is 1. The van der Waals surface area contributed by atoms with E-state index >= 15 is 0 Å². The Balaban J connectivity index is 2.71. The zero-order valence-corrected chi connectivity index (χ0v) is 14.3. The second-order valence-corrected chi connectivity index (χ2v) is 7.03. The van der Waals surface area contributed by atoms with E-state index in [9.17, 15) is 8.78 Å². The van der Waals surface area contributed by atoms with E-state index in [1.54, 1.807) is 0 Å². The molecule has 0 aliphatic heterocycles. The van der Waals surface area contributed by atoms with Gasteiger partial charge in [0.15, 0.2) is 0 Å². The first-order valence-corrected chi connectivity index (χ1v) is 7.47. The molecule has 2 rings (SSSR count). The zero-order chi connectivity index (χ0) is 15.1. The molecule has 0 aliphatic carbocycles. The smallest absolute Gasteiger partial charge is 0.149 e. The van der Waals surface area contributed by atoms with Gasteiger partial charge in [0.1, 0.15) is 22.1 Å². The van der Waals surface area contributed by atoms with E-state index in [4.69, 9.17) is 0 Å². The van der Waals surface area contributed by atoms with E-state index in [1.165, 1.54) is 18.2 Å². The maximum Gasteiger partial charge on any atom is 0.149 e. The first-order valence-electron chi connectivity index (χ1n) is 5.89. The highest BCUT2D eigenvalue weighted by Crippen LogP contribution is 2.32. The van der Waals surface area contributed by atoms with Crippen molar-refractivity contribution in [1.82, 2.24) is 9.97 Å². The Kier molecular flexibility index (Phi) is 4.25. The van der Waals surface area contributed by atoms with Gasteiger partial charge < -0.3 is 0 Å². The summed E-state index contributed by atoms with van der Waals surface area (Å²) in [5, 5.41) is 0. The van der Waals surface area contributed by atoms with Crippen LogP contribution in [0.2, 0.25) is 0 Å². The third-order valence-corrected chi connectivity index (χ3v) is 3.68. The van der Waals surface area contributed by atoms with Crippen LogP contribution in [0.3, 0.4) is 0 Å². The second kappa shape index (κ2) is 5.48. The fourth-order valence-electron chi connectivity index (χ4n) is 1.64. The van der Waals surface area contributed by atoms with E-state index in [1.807, 2.05) is 20.8 Å². The quantitative estimate of drug-likeness (QED) is 0.478. The van der Waals surface area contributed by atoms with Crippen LogP contribution >= 0.6 is 31.9 Å². The summed E-state index contributed by atoms with van der Waals surface area (Å²) in [7, 11) is 0. The maximum atomic E-state index is 14.1. The van der Waals surface area contributed by atoms with Gasteiger partial charge in [-0.15, -0.1) is 0 Å². The van der Waals surface area contributed by atoms with Crippen molar-refractivity contribution in [3.8, 4) is 11.3 Å². The van der Waals surface area contributed by atoms with Crippen molar-refractivity contribution in [3.63, 3.8) is 0 Å². The molecule has 0 fully saturated rings. The Labute approximate surface area is 132 Å². The largest absolute Gasteiger partial charge is 0.232 e. The van der Waals surface area contributed by atoms with Crippen molar-refractivity contribution >= 4 is 31.9 Å². The highest BCUT2D eigenvalue weighted by Gasteiger charge is 2.22. The van der Waals surface area contributed by atoms with Crippen molar-refractivity contribution in [3.05, 3.63) is 44.7 Å². The summed E-state index contributed by atoms with van der Waals surface area (Å²) in [6.07, 6.45) is 0. The lowest BCUT2D eigenvalue weighted by Gasteiger charge is -2.18.